The number of piperidine rings is 1. The molecular weight excluding hydrogens is 196 g/mol. The largest absolute Gasteiger partial charge is 0.314 e. The van der Waals surface area contributed by atoms with E-state index >= 15 is 0 Å². The van der Waals surface area contributed by atoms with Gasteiger partial charge in [-0.05, 0) is 31.4 Å². The second-order valence-corrected chi connectivity index (χ2v) is 4.65. The maximum Gasteiger partial charge on any atom is 0.0208 e. The van der Waals surface area contributed by atoms with Gasteiger partial charge in [0.2, 0.25) is 0 Å². The first-order chi connectivity index (χ1) is 7.88. The van der Waals surface area contributed by atoms with Crippen molar-refractivity contribution in [3.05, 3.63) is 35.9 Å². The van der Waals surface area contributed by atoms with Crippen molar-refractivity contribution < 1.29 is 0 Å². The molecule has 1 fully saturated rings. The molecular formula is C14H22N2. The Hall–Kier alpha value is -0.860. The predicted octanol–water partition coefficient (Wildman–Crippen LogP) is 2.31. The van der Waals surface area contributed by atoms with Gasteiger partial charge in [0.05, 0.1) is 0 Å². The Morgan fingerprint density at radius 3 is 2.88 bits per heavy atom. The van der Waals surface area contributed by atoms with Crippen molar-refractivity contribution in [1.29, 1.82) is 0 Å². The van der Waals surface area contributed by atoms with Crippen LogP contribution in [0.15, 0.2) is 30.3 Å². The van der Waals surface area contributed by atoms with Crippen LogP contribution in [0.5, 0.6) is 0 Å². The third-order valence-corrected chi connectivity index (χ3v) is 3.43. The first-order valence-corrected chi connectivity index (χ1v) is 6.39. The Morgan fingerprint density at radius 2 is 2.12 bits per heavy atom. The Labute approximate surface area is 98.4 Å². The second kappa shape index (κ2) is 6.02. The fourth-order valence-electron chi connectivity index (χ4n) is 2.36. The molecule has 2 N–H and O–H groups in total. The van der Waals surface area contributed by atoms with Crippen molar-refractivity contribution in [3.8, 4) is 0 Å². The maximum absolute atomic E-state index is 3.66. The molecule has 0 radical (unpaired) electrons. The van der Waals surface area contributed by atoms with E-state index in [1.807, 2.05) is 0 Å². The SMILES string of the molecule is CCC1CC(NCc2ccccc2)CCN1. The zero-order valence-corrected chi connectivity index (χ0v) is 10.1. The highest BCUT2D eigenvalue weighted by Gasteiger charge is 2.19. The van der Waals surface area contributed by atoms with Crippen molar-refractivity contribution in [1.82, 2.24) is 10.6 Å². The minimum Gasteiger partial charge on any atom is -0.314 e. The van der Waals surface area contributed by atoms with Gasteiger partial charge in [0.25, 0.3) is 0 Å². The van der Waals surface area contributed by atoms with Gasteiger partial charge in [-0.2, -0.15) is 0 Å². The average Bonchev–Trinajstić information content (AvgIpc) is 2.38. The molecule has 0 amide bonds. The van der Waals surface area contributed by atoms with E-state index in [1.54, 1.807) is 0 Å². The van der Waals surface area contributed by atoms with Crippen LogP contribution in [0.3, 0.4) is 0 Å². The normalized spacial score (nSPS) is 25.6. The first kappa shape index (κ1) is 11.6. The number of rotatable bonds is 4. The van der Waals surface area contributed by atoms with Gasteiger partial charge in [-0.25, -0.2) is 0 Å². The van der Waals surface area contributed by atoms with Gasteiger partial charge in [-0.15, -0.1) is 0 Å². The summed E-state index contributed by atoms with van der Waals surface area (Å²) in [6.45, 7) is 4.42. The maximum atomic E-state index is 3.66. The molecule has 16 heavy (non-hydrogen) atoms. The zero-order chi connectivity index (χ0) is 11.2. The standard InChI is InChI=1S/C14H22N2/c1-2-13-10-14(8-9-15-13)16-11-12-6-4-3-5-7-12/h3-7,13-16H,2,8-11H2,1H3. The lowest BCUT2D eigenvalue weighted by atomic mass is 9.97. The summed E-state index contributed by atoms with van der Waals surface area (Å²) in [4.78, 5) is 0. The van der Waals surface area contributed by atoms with Crippen molar-refractivity contribution in [3.63, 3.8) is 0 Å². The quantitative estimate of drug-likeness (QED) is 0.810. The average molecular weight is 218 g/mol. The lowest BCUT2D eigenvalue weighted by Crippen LogP contribution is -2.45. The van der Waals surface area contributed by atoms with Crippen LogP contribution in [0, 0.1) is 0 Å². The lowest BCUT2D eigenvalue weighted by molar-refractivity contribution is 0.312. The number of nitrogens with one attached hydrogen (secondary N) is 2. The Kier molecular flexibility index (Phi) is 4.37. The Morgan fingerprint density at radius 1 is 1.31 bits per heavy atom. The second-order valence-electron chi connectivity index (χ2n) is 4.65. The smallest absolute Gasteiger partial charge is 0.0208 e. The molecule has 1 aliphatic heterocycles. The summed E-state index contributed by atoms with van der Waals surface area (Å²) in [7, 11) is 0. The van der Waals surface area contributed by atoms with Gasteiger partial charge in [0.15, 0.2) is 0 Å². The molecule has 0 saturated carbocycles. The van der Waals surface area contributed by atoms with E-state index in [1.165, 1.54) is 24.8 Å². The van der Waals surface area contributed by atoms with Crippen molar-refractivity contribution in [2.45, 2.75) is 44.8 Å². The summed E-state index contributed by atoms with van der Waals surface area (Å²) < 4.78 is 0. The monoisotopic (exact) mass is 218 g/mol. The van der Waals surface area contributed by atoms with Crippen molar-refractivity contribution in [2.75, 3.05) is 6.54 Å². The summed E-state index contributed by atoms with van der Waals surface area (Å²) in [6, 6.07) is 12.0. The molecule has 2 nitrogen and oxygen atoms in total. The summed E-state index contributed by atoms with van der Waals surface area (Å²) in [5.41, 5.74) is 1.38. The third-order valence-electron chi connectivity index (χ3n) is 3.43. The summed E-state index contributed by atoms with van der Waals surface area (Å²) in [6.07, 6.45) is 3.76. The first-order valence-electron chi connectivity index (χ1n) is 6.39. The Bertz CT molecular complexity index is 297. The number of hydrogen-bond acceptors (Lipinski definition) is 2. The predicted molar refractivity (Wildman–Crippen MR) is 68.4 cm³/mol. The molecule has 2 atom stereocenters. The molecule has 0 aromatic heterocycles. The molecule has 2 unspecified atom stereocenters. The van der Waals surface area contributed by atoms with E-state index in [2.05, 4.69) is 47.9 Å². The molecule has 0 bridgehead atoms. The van der Waals surface area contributed by atoms with E-state index in [4.69, 9.17) is 0 Å². The van der Waals surface area contributed by atoms with Crippen LogP contribution in [0.4, 0.5) is 0 Å². The minimum absolute atomic E-state index is 0.686. The van der Waals surface area contributed by atoms with E-state index in [0.717, 1.165) is 13.1 Å². The molecule has 2 heteroatoms. The molecule has 88 valence electrons. The zero-order valence-electron chi connectivity index (χ0n) is 10.1. The molecule has 0 spiro atoms. The van der Waals surface area contributed by atoms with Crippen LogP contribution >= 0.6 is 0 Å². The molecule has 1 heterocycles. The number of benzene rings is 1. The van der Waals surface area contributed by atoms with Crippen LogP contribution < -0.4 is 10.6 Å². The van der Waals surface area contributed by atoms with Gasteiger partial charge < -0.3 is 10.6 Å². The molecule has 1 aromatic rings. The van der Waals surface area contributed by atoms with Crippen molar-refractivity contribution >= 4 is 0 Å². The number of hydrogen-bond donors (Lipinski definition) is 2. The van der Waals surface area contributed by atoms with Crippen molar-refractivity contribution in [2.24, 2.45) is 0 Å². The molecule has 2 rings (SSSR count). The summed E-state index contributed by atoms with van der Waals surface area (Å²) >= 11 is 0. The van der Waals surface area contributed by atoms with Crippen LogP contribution in [0.25, 0.3) is 0 Å². The van der Waals surface area contributed by atoms with E-state index in [0.29, 0.717) is 12.1 Å². The highest BCUT2D eigenvalue weighted by atomic mass is 15.0. The van der Waals surface area contributed by atoms with E-state index in [9.17, 15) is 0 Å². The summed E-state index contributed by atoms with van der Waals surface area (Å²) in [5.74, 6) is 0. The van der Waals surface area contributed by atoms with Crippen LogP contribution in [0.2, 0.25) is 0 Å². The molecule has 1 aromatic carbocycles. The van der Waals surface area contributed by atoms with Gasteiger partial charge in [0, 0.05) is 18.6 Å². The van der Waals surface area contributed by atoms with Crippen LogP contribution in [-0.2, 0) is 6.54 Å². The third kappa shape index (κ3) is 3.32. The van der Waals surface area contributed by atoms with Gasteiger partial charge in [-0.1, -0.05) is 37.3 Å². The van der Waals surface area contributed by atoms with Crippen LogP contribution in [-0.4, -0.2) is 18.6 Å². The minimum atomic E-state index is 0.686. The molecule has 1 saturated heterocycles. The van der Waals surface area contributed by atoms with Gasteiger partial charge in [-0.3, -0.25) is 0 Å². The van der Waals surface area contributed by atoms with E-state index in [-0.39, 0.29) is 0 Å². The topological polar surface area (TPSA) is 24.1 Å². The molecule has 0 aliphatic carbocycles. The van der Waals surface area contributed by atoms with Gasteiger partial charge in [0.1, 0.15) is 0 Å². The van der Waals surface area contributed by atoms with Gasteiger partial charge >= 0.3 is 0 Å². The van der Waals surface area contributed by atoms with E-state index < -0.39 is 0 Å². The lowest BCUT2D eigenvalue weighted by Gasteiger charge is -2.30. The molecule has 1 aliphatic rings. The van der Waals surface area contributed by atoms with Crippen LogP contribution in [0.1, 0.15) is 31.7 Å². The summed E-state index contributed by atoms with van der Waals surface area (Å²) in [5, 5.41) is 7.22. The fraction of sp³-hybridized carbons (Fsp3) is 0.571. The fourth-order valence-corrected chi connectivity index (χ4v) is 2.36. The Balaban J connectivity index is 1.77. The highest BCUT2D eigenvalue weighted by molar-refractivity contribution is 5.14. The highest BCUT2D eigenvalue weighted by Crippen LogP contribution is 2.11.